The lowest BCUT2D eigenvalue weighted by Gasteiger charge is -2.26. The quantitative estimate of drug-likeness (QED) is 0.165. The zero-order valence-corrected chi connectivity index (χ0v) is 23.0. The number of aliphatic hydroxyl groups excluding tert-OH is 1. The van der Waals surface area contributed by atoms with E-state index >= 15 is 0 Å². The Morgan fingerprint density at radius 1 is 1.00 bits per heavy atom. The molecule has 0 radical (unpaired) electrons. The van der Waals surface area contributed by atoms with Crippen molar-refractivity contribution in [2.75, 3.05) is 13.2 Å². The van der Waals surface area contributed by atoms with Gasteiger partial charge in [0.25, 0.3) is 0 Å². The zero-order valence-electron chi connectivity index (χ0n) is 23.0. The first kappa shape index (κ1) is 31.9. The normalized spacial score (nSPS) is 16.6. The molecule has 3 atom stereocenters. The molecule has 2 amide bonds. The number of rotatable bonds is 18. The Labute approximate surface area is 230 Å². The summed E-state index contributed by atoms with van der Waals surface area (Å²) in [5.74, 6) is -3.53. The van der Waals surface area contributed by atoms with Gasteiger partial charge < -0.3 is 14.6 Å². The Kier molecular flexibility index (Phi) is 14.1. The fraction of sp³-hybridized carbons (Fsp3) is 0.567. The van der Waals surface area contributed by atoms with Gasteiger partial charge in [-0.1, -0.05) is 68.9 Å². The number of carbonyl (C=O) groups is 5. The summed E-state index contributed by atoms with van der Waals surface area (Å²) in [6, 6.07) is 8.77. The van der Waals surface area contributed by atoms with Gasteiger partial charge >= 0.3 is 12.1 Å². The number of hydrogen-bond acceptors (Lipinski definition) is 8. The number of aliphatic hydroxyl groups is 1. The average molecular weight is 544 g/mol. The van der Waals surface area contributed by atoms with E-state index in [0.29, 0.717) is 19.3 Å². The number of cyclic esters (lactones) is 1. The molecule has 0 aliphatic carbocycles. The summed E-state index contributed by atoms with van der Waals surface area (Å²) in [5, 5.41) is 8.78. The fourth-order valence-electron chi connectivity index (χ4n) is 4.53. The largest absolute Gasteiger partial charge is 0.453 e. The number of imide groups is 1. The number of benzene rings is 1. The second-order valence-corrected chi connectivity index (χ2v) is 9.95. The highest BCUT2D eigenvalue weighted by Crippen LogP contribution is 2.23. The summed E-state index contributed by atoms with van der Waals surface area (Å²) in [6.07, 6.45) is 8.39. The second-order valence-electron chi connectivity index (χ2n) is 9.95. The maximum absolute atomic E-state index is 13.3. The van der Waals surface area contributed by atoms with Gasteiger partial charge in [0.2, 0.25) is 5.91 Å². The predicted octanol–water partition coefficient (Wildman–Crippen LogP) is 4.34. The number of nitrogens with zero attached hydrogens (tertiary/aromatic N) is 1. The molecule has 1 aromatic rings. The number of unbranched alkanes of at least 4 members (excludes halogenated alkanes) is 7. The third kappa shape index (κ3) is 11.1. The molecule has 1 aliphatic heterocycles. The molecule has 0 bridgehead atoms. The number of carbonyl (C=O) groups excluding carboxylic acids is 5. The number of allylic oxidation sites excluding steroid dienone is 1. The number of esters is 1. The van der Waals surface area contributed by atoms with Crippen LogP contribution in [0, 0.1) is 5.92 Å². The molecule has 9 heteroatoms. The van der Waals surface area contributed by atoms with Crippen molar-refractivity contribution in [1.29, 1.82) is 0 Å². The van der Waals surface area contributed by atoms with Crippen molar-refractivity contribution < 1.29 is 38.6 Å². The maximum atomic E-state index is 13.3. The number of amides is 2. The first-order valence-corrected chi connectivity index (χ1v) is 13.8. The topological polar surface area (TPSA) is 127 Å². The molecule has 0 aromatic heterocycles. The molecule has 1 aliphatic rings. The Morgan fingerprint density at radius 2 is 1.62 bits per heavy atom. The molecule has 1 heterocycles. The van der Waals surface area contributed by atoms with Crippen LogP contribution in [-0.4, -0.2) is 64.9 Å². The van der Waals surface area contributed by atoms with Crippen LogP contribution in [0.25, 0.3) is 0 Å². The van der Waals surface area contributed by atoms with Crippen LogP contribution < -0.4 is 0 Å². The summed E-state index contributed by atoms with van der Waals surface area (Å²) >= 11 is 0. The van der Waals surface area contributed by atoms with Crippen molar-refractivity contribution in [3.63, 3.8) is 0 Å². The standard InChI is InChI=1S/C30H41NO8/c1-22(29(36)31-25(21-38-30(31)37)20-24-14-10-9-11-15-24)28(39-23(2)33)27(35)18-17-26(34)16-12-7-5-3-4-6-8-13-19-32/h9-11,14-15,17-18,22,25,28,32H,3-8,12-13,16,19-21H2,1-2H3. The van der Waals surface area contributed by atoms with Gasteiger partial charge in [-0.3, -0.25) is 19.2 Å². The number of ketones is 2. The first-order valence-electron chi connectivity index (χ1n) is 13.8. The SMILES string of the molecule is CC(=O)OC(C(=O)C=CC(=O)CCCCCCCCCCO)C(C)C(=O)N1C(=O)OCC1Cc1ccccc1. The van der Waals surface area contributed by atoms with E-state index in [1.165, 1.54) is 6.92 Å². The molecule has 1 aromatic carbocycles. The third-order valence-electron chi connectivity index (χ3n) is 6.69. The van der Waals surface area contributed by atoms with E-state index in [2.05, 4.69) is 0 Å². The van der Waals surface area contributed by atoms with Crippen LogP contribution in [-0.2, 0) is 35.1 Å². The van der Waals surface area contributed by atoms with Crippen molar-refractivity contribution in [2.24, 2.45) is 5.92 Å². The van der Waals surface area contributed by atoms with Crippen LogP contribution in [0.1, 0.15) is 77.2 Å². The Balaban J connectivity index is 1.91. The molecule has 3 unspecified atom stereocenters. The van der Waals surface area contributed by atoms with Crippen molar-refractivity contribution in [1.82, 2.24) is 4.90 Å². The number of hydrogen-bond donors (Lipinski definition) is 1. The minimum Gasteiger partial charge on any atom is -0.453 e. The van der Waals surface area contributed by atoms with Gasteiger partial charge in [-0.05, 0) is 43.9 Å². The van der Waals surface area contributed by atoms with E-state index in [1.807, 2.05) is 30.3 Å². The summed E-state index contributed by atoms with van der Waals surface area (Å²) < 4.78 is 10.3. The van der Waals surface area contributed by atoms with Crippen molar-refractivity contribution in [3.8, 4) is 0 Å². The van der Waals surface area contributed by atoms with E-state index < -0.39 is 41.8 Å². The molecule has 214 valence electrons. The van der Waals surface area contributed by atoms with Gasteiger partial charge in [0.1, 0.15) is 6.61 Å². The molecule has 39 heavy (non-hydrogen) atoms. The summed E-state index contributed by atoms with van der Waals surface area (Å²) in [5.41, 5.74) is 0.915. The maximum Gasteiger partial charge on any atom is 0.416 e. The highest BCUT2D eigenvalue weighted by Gasteiger charge is 2.43. The van der Waals surface area contributed by atoms with Crippen molar-refractivity contribution in [2.45, 2.75) is 90.2 Å². The molecule has 1 fully saturated rings. The molecule has 0 spiro atoms. The average Bonchev–Trinajstić information content (AvgIpc) is 3.28. The van der Waals surface area contributed by atoms with Crippen molar-refractivity contribution >= 4 is 29.5 Å². The van der Waals surface area contributed by atoms with Gasteiger partial charge in [-0.2, -0.15) is 0 Å². The van der Waals surface area contributed by atoms with E-state index in [4.69, 9.17) is 14.6 Å². The van der Waals surface area contributed by atoms with Crippen LogP contribution in [0.3, 0.4) is 0 Å². The minimum atomic E-state index is -1.48. The highest BCUT2D eigenvalue weighted by atomic mass is 16.6. The lowest BCUT2D eigenvalue weighted by atomic mass is 9.96. The monoisotopic (exact) mass is 543 g/mol. The molecule has 9 nitrogen and oxygen atoms in total. The second kappa shape index (κ2) is 17.3. The summed E-state index contributed by atoms with van der Waals surface area (Å²) in [6.45, 7) is 2.80. The molecule has 1 saturated heterocycles. The minimum absolute atomic E-state index is 0.0243. The molecule has 0 saturated carbocycles. The number of ether oxygens (including phenoxy) is 2. The molecule has 2 rings (SSSR count). The fourth-order valence-corrected chi connectivity index (χ4v) is 4.53. The smallest absolute Gasteiger partial charge is 0.416 e. The van der Waals surface area contributed by atoms with Gasteiger partial charge in [0.15, 0.2) is 17.7 Å². The molecular weight excluding hydrogens is 502 g/mol. The summed E-state index contributed by atoms with van der Waals surface area (Å²) in [4.78, 5) is 63.6. The van der Waals surface area contributed by atoms with E-state index in [9.17, 15) is 24.0 Å². The molecule has 1 N–H and O–H groups in total. The summed E-state index contributed by atoms with van der Waals surface area (Å²) in [7, 11) is 0. The van der Waals surface area contributed by atoms with Crippen LogP contribution in [0.5, 0.6) is 0 Å². The highest BCUT2D eigenvalue weighted by molar-refractivity contribution is 6.04. The van der Waals surface area contributed by atoms with Crippen molar-refractivity contribution in [3.05, 3.63) is 48.0 Å². The van der Waals surface area contributed by atoms with Gasteiger partial charge in [-0.25, -0.2) is 9.69 Å². The lowest BCUT2D eigenvalue weighted by Crippen LogP contribution is -2.48. The third-order valence-corrected chi connectivity index (χ3v) is 6.69. The van der Waals surface area contributed by atoms with Gasteiger partial charge in [0.05, 0.1) is 12.0 Å². The Bertz CT molecular complexity index is 990. The van der Waals surface area contributed by atoms with E-state index in [-0.39, 0.29) is 19.0 Å². The van der Waals surface area contributed by atoms with E-state index in [1.54, 1.807) is 0 Å². The predicted molar refractivity (Wildman–Crippen MR) is 145 cm³/mol. The van der Waals surface area contributed by atoms with Crippen LogP contribution in [0.4, 0.5) is 4.79 Å². The Hall–Kier alpha value is -3.33. The van der Waals surface area contributed by atoms with Crippen LogP contribution >= 0.6 is 0 Å². The molecular formula is C30H41NO8. The first-order chi connectivity index (χ1) is 18.7. The van der Waals surface area contributed by atoms with E-state index in [0.717, 1.165) is 74.5 Å². The van der Waals surface area contributed by atoms with Crippen LogP contribution in [0.15, 0.2) is 42.5 Å². The Morgan fingerprint density at radius 3 is 2.23 bits per heavy atom. The van der Waals surface area contributed by atoms with Gasteiger partial charge in [-0.15, -0.1) is 0 Å². The van der Waals surface area contributed by atoms with Crippen LogP contribution in [0.2, 0.25) is 0 Å². The van der Waals surface area contributed by atoms with Gasteiger partial charge in [0, 0.05) is 20.0 Å². The zero-order chi connectivity index (χ0) is 28.6. The lowest BCUT2D eigenvalue weighted by molar-refractivity contribution is -0.158.